The van der Waals surface area contributed by atoms with Crippen LogP contribution in [0.2, 0.25) is 0 Å². The summed E-state index contributed by atoms with van der Waals surface area (Å²) in [6.07, 6.45) is 19.7. The molecule has 0 saturated carbocycles. The van der Waals surface area contributed by atoms with Crippen LogP contribution in [0.3, 0.4) is 0 Å². The Bertz CT molecular complexity index is 810. The summed E-state index contributed by atoms with van der Waals surface area (Å²) in [4.78, 5) is 13.1. The first kappa shape index (κ1) is 39.0. The molecule has 0 radical (unpaired) electrons. The van der Waals surface area contributed by atoms with Gasteiger partial charge in [-0.25, -0.2) is 4.79 Å². The number of hydrogen-bond donors (Lipinski definition) is 1. The smallest absolute Gasteiger partial charge is 0.453 e. The summed E-state index contributed by atoms with van der Waals surface area (Å²) < 4.78 is 29.8. The third-order valence-corrected chi connectivity index (χ3v) is 10.2. The zero-order valence-corrected chi connectivity index (χ0v) is 28.7. The molecule has 0 bridgehead atoms. The molecule has 0 amide bonds. The summed E-state index contributed by atoms with van der Waals surface area (Å²) >= 11 is 1.84. The van der Waals surface area contributed by atoms with Gasteiger partial charge < -0.3 is 9.84 Å². The van der Waals surface area contributed by atoms with E-state index in [1.54, 1.807) is 0 Å². The van der Waals surface area contributed by atoms with Crippen LogP contribution in [0.4, 0.5) is 0 Å². The highest BCUT2D eigenvalue weighted by atomic mass is 32.2. The largest absolute Gasteiger partial charge is 0.589 e. The van der Waals surface area contributed by atoms with E-state index in [2.05, 4.69) is 13.8 Å². The first-order chi connectivity index (χ1) is 20.4. The average molecular weight is 628 g/mol. The lowest BCUT2D eigenvalue weighted by molar-refractivity contribution is -0.210. The van der Waals surface area contributed by atoms with Crippen LogP contribution in [0.1, 0.15) is 142 Å². The van der Waals surface area contributed by atoms with Crippen LogP contribution in [-0.2, 0) is 30.0 Å². The maximum absolute atomic E-state index is 13.1. The summed E-state index contributed by atoms with van der Waals surface area (Å²) in [6.45, 7) is 8.31. The Morgan fingerprint density at radius 1 is 0.833 bits per heavy atom. The van der Waals surface area contributed by atoms with Crippen molar-refractivity contribution < 1.29 is 28.5 Å². The summed E-state index contributed by atoms with van der Waals surface area (Å²) in [7, 11) is -2.86. The lowest BCUT2D eigenvalue weighted by Gasteiger charge is -2.27. The highest BCUT2D eigenvalue weighted by Gasteiger charge is 2.62. The van der Waals surface area contributed by atoms with Crippen molar-refractivity contribution in [1.29, 1.82) is 0 Å². The highest BCUT2D eigenvalue weighted by Crippen LogP contribution is 2.43. The Morgan fingerprint density at radius 2 is 1.38 bits per heavy atom. The van der Waals surface area contributed by atoms with Gasteiger partial charge in [-0.1, -0.05) is 141 Å². The first-order valence-electron chi connectivity index (χ1n) is 16.7. The van der Waals surface area contributed by atoms with Gasteiger partial charge in [-0.2, -0.15) is 11.8 Å². The molecule has 242 valence electrons. The van der Waals surface area contributed by atoms with Crippen molar-refractivity contribution in [3.8, 4) is 0 Å². The van der Waals surface area contributed by atoms with Crippen LogP contribution in [0.15, 0.2) is 30.3 Å². The van der Waals surface area contributed by atoms with Gasteiger partial charge in [-0.05, 0) is 42.1 Å². The standard InChI is InChI=1S/C34H60O6PS/c1-5-8-10-12-14-15-16-18-23-28-42-32(26-22-17-13-11-9-6-2)30(4)40-34(36,41(37)39-27-7-3)33(35)38-29-31-24-20-19-21-25-31/h19-21,24-25,30,32,36H,5-18,22-23,26-29H2,1-4H3/q+1. The second-order valence-corrected chi connectivity index (χ2v) is 14.1. The number of rotatable bonds is 28. The van der Waals surface area contributed by atoms with Gasteiger partial charge in [0.05, 0.1) is 6.10 Å². The summed E-state index contributed by atoms with van der Waals surface area (Å²) in [5.74, 6) is -0.0722. The van der Waals surface area contributed by atoms with Crippen molar-refractivity contribution in [3.05, 3.63) is 35.9 Å². The molecule has 0 spiro atoms. The fourth-order valence-electron chi connectivity index (χ4n) is 4.81. The van der Waals surface area contributed by atoms with Crippen LogP contribution in [-0.4, -0.2) is 40.3 Å². The number of esters is 1. The summed E-state index contributed by atoms with van der Waals surface area (Å²) in [5, 5.41) is 11.4. The molecule has 4 unspecified atom stereocenters. The van der Waals surface area contributed by atoms with Crippen LogP contribution in [0.5, 0.6) is 0 Å². The number of benzene rings is 1. The normalized spacial score (nSPS) is 14.7. The predicted octanol–water partition coefficient (Wildman–Crippen LogP) is 10.3. The third-order valence-electron chi connectivity index (χ3n) is 7.43. The molecule has 0 aliphatic heterocycles. The minimum atomic E-state index is -2.86. The van der Waals surface area contributed by atoms with E-state index in [1.807, 2.05) is 55.9 Å². The minimum Gasteiger partial charge on any atom is -0.453 e. The number of ether oxygens (including phenoxy) is 2. The van der Waals surface area contributed by atoms with E-state index < -0.39 is 25.6 Å². The Hall–Kier alpha value is -0.980. The average Bonchev–Trinajstić information content (AvgIpc) is 3.00. The number of carbonyl (C=O) groups excluding carboxylic acids is 1. The SMILES string of the molecule is CCCCCCCCCCCSC(CCCCCCCC)C(C)OC(O)(C(=O)OCc1ccccc1)[P+](=O)OCCC. The highest BCUT2D eigenvalue weighted by molar-refractivity contribution is 7.99. The van der Waals surface area contributed by atoms with Crippen LogP contribution in [0, 0.1) is 0 Å². The van der Waals surface area contributed by atoms with Gasteiger partial charge in [0.25, 0.3) is 0 Å². The molecule has 4 atom stereocenters. The molecule has 1 rings (SSSR count). The van der Waals surface area contributed by atoms with Crippen molar-refractivity contribution >= 4 is 25.8 Å². The van der Waals surface area contributed by atoms with Crippen molar-refractivity contribution in [2.75, 3.05) is 12.4 Å². The molecule has 0 saturated heterocycles. The fourth-order valence-corrected chi connectivity index (χ4v) is 7.13. The van der Waals surface area contributed by atoms with Crippen LogP contribution < -0.4 is 0 Å². The van der Waals surface area contributed by atoms with Gasteiger partial charge in [0.2, 0.25) is 0 Å². The molecule has 0 heterocycles. The maximum Gasteiger partial charge on any atom is 0.589 e. The van der Waals surface area contributed by atoms with Crippen molar-refractivity contribution in [3.63, 3.8) is 0 Å². The van der Waals surface area contributed by atoms with E-state index in [-0.39, 0.29) is 18.5 Å². The van der Waals surface area contributed by atoms with Gasteiger partial charge in [0.1, 0.15) is 13.2 Å². The molecule has 6 nitrogen and oxygen atoms in total. The maximum atomic E-state index is 13.1. The Morgan fingerprint density at radius 3 is 1.95 bits per heavy atom. The fraction of sp³-hybridized carbons (Fsp3) is 0.794. The molecule has 1 aromatic carbocycles. The molecule has 0 aliphatic rings. The number of thioether (sulfide) groups is 1. The molecular formula is C34H60O6PS+. The lowest BCUT2D eigenvalue weighted by Crippen LogP contribution is -2.44. The molecule has 1 N–H and O–H groups in total. The van der Waals surface area contributed by atoms with E-state index in [1.165, 1.54) is 77.0 Å². The van der Waals surface area contributed by atoms with E-state index in [4.69, 9.17) is 14.0 Å². The zero-order chi connectivity index (χ0) is 30.9. The van der Waals surface area contributed by atoms with E-state index >= 15 is 0 Å². The molecule has 42 heavy (non-hydrogen) atoms. The third kappa shape index (κ3) is 17.3. The molecule has 0 aliphatic carbocycles. The molecular weight excluding hydrogens is 567 g/mol. The van der Waals surface area contributed by atoms with Crippen molar-refractivity contribution in [1.82, 2.24) is 0 Å². The van der Waals surface area contributed by atoms with Gasteiger partial charge in [-0.3, -0.25) is 4.74 Å². The quantitative estimate of drug-likeness (QED) is 0.0428. The number of unbranched alkanes of at least 4 members (excludes halogenated alkanes) is 13. The second-order valence-electron chi connectivity index (χ2n) is 11.4. The van der Waals surface area contributed by atoms with Gasteiger partial charge in [0, 0.05) is 5.25 Å². The Labute approximate surface area is 262 Å². The predicted molar refractivity (Wildman–Crippen MR) is 177 cm³/mol. The van der Waals surface area contributed by atoms with Crippen LogP contribution in [0.25, 0.3) is 0 Å². The van der Waals surface area contributed by atoms with Crippen molar-refractivity contribution in [2.24, 2.45) is 0 Å². The monoisotopic (exact) mass is 627 g/mol. The lowest BCUT2D eigenvalue weighted by atomic mass is 10.1. The number of carbonyl (C=O) groups is 1. The van der Waals surface area contributed by atoms with E-state index in [9.17, 15) is 14.5 Å². The number of hydrogen-bond acceptors (Lipinski definition) is 7. The zero-order valence-electron chi connectivity index (χ0n) is 27.0. The van der Waals surface area contributed by atoms with E-state index in [0.29, 0.717) is 6.42 Å². The van der Waals surface area contributed by atoms with Gasteiger partial charge in [-0.15, -0.1) is 4.52 Å². The van der Waals surface area contributed by atoms with Gasteiger partial charge >= 0.3 is 19.5 Å². The topological polar surface area (TPSA) is 82.1 Å². The van der Waals surface area contributed by atoms with Crippen molar-refractivity contribution in [2.45, 2.75) is 160 Å². The molecule has 8 heteroatoms. The molecule has 0 aromatic heterocycles. The Kier molecular flexibility index (Phi) is 23.6. The van der Waals surface area contributed by atoms with Gasteiger partial charge in [0.15, 0.2) is 0 Å². The molecule has 0 fully saturated rings. The first-order valence-corrected chi connectivity index (χ1v) is 18.9. The minimum absolute atomic E-state index is 0.0504. The summed E-state index contributed by atoms with van der Waals surface area (Å²) in [5.41, 5.74) is -1.89. The number of aliphatic hydroxyl groups is 1. The summed E-state index contributed by atoms with van der Waals surface area (Å²) in [6, 6.07) is 9.21. The molecule has 1 aromatic rings. The second kappa shape index (κ2) is 25.4. The Balaban J connectivity index is 2.78. The van der Waals surface area contributed by atoms with E-state index in [0.717, 1.165) is 37.0 Å². The van der Waals surface area contributed by atoms with Crippen LogP contribution >= 0.6 is 19.8 Å².